The summed E-state index contributed by atoms with van der Waals surface area (Å²) in [6.07, 6.45) is 3.07. The van der Waals surface area contributed by atoms with Crippen LogP contribution >= 0.6 is 46.4 Å². The number of hydrogen-bond donors (Lipinski definition) is 1. The van der Waals surface area contributed by atoms with Crippen LogP contribution in [0.2, 0.25) is 0 Å². The van der Waals surface area contributed by atoms with Crippen molar-refractivity contribution in [2.24, 2.45) is 0 Å². The molecule has 0 amide bonds. The third kappa shape index (κ3) is 2.58. The Hall–Kier alpha value is -1.46. The van der Waals surface area contributed by atoms with Crippen LogP contribution in [0.3, 0.4) is 0 Å². The van der Waals surface area contributed by atoms with E-state index in [1.54, 1.807) is 18.2 Å². The van der Waals surface area contributed by atoms with Crippen molar-refractivity contribution in [1.29, 1.82) is 0 Å². The summed E-state index contributed by atoms with van der Waals surface area (Å²) < 4.78 is 5.35. The molecule has 0 aliphatic heterocycles. The minimum atomic E-state index is -2.04. The number of hydrogen-bond acceptors (Lipinski definition) is 4. The zero-order valence-electron chi connectivity index (χ0n) is 14.1. The van der Waals surface area contributed by atoms with Crippen molar-refractivity contribution >= 4 is 58.0 Å². The van der Waals surface area contributed by atoms with Gasteiger partial charge in [0, 0.05) is 11.5 Å². The minimum Gasteiger partial charge on any atom is -0.508 e. The normalized spacial score (nSPS) is 30.7. The molecule has 4 nitrogen and oxygen atoms in total. The Balaban J connectivity index is 2.41. The molecule has 0 saturated carbocycles. The van der Waals surface area contributed by atoms with Gasteiger partial charge in [0.15, 0.2) is 11.6 Å². The lowest BCUT2D eigenvalue weighted by atomic mass is 9.62. The van der Waals surface area contributed by atoms with Crippen LogP contribution in [0.15, 0.2) is 52.6 Å². The summed E-state index contributed by atoms with van der Waals surface area (Å²) in [5.74, 6) is -2.50. The number of halogens is 4. The monoisotopic (exact) mass is 446 g/mol. The first-order valence-electron chi connectivity index (χ1n) is 7.86. The van der Waals surface area contributed by atoms with E-state index in [1.807, 2.05) is 0 Å². The van der Waals surface area contributed by atoms with Gasteiger partial charge in [-0.3, -0.25) is 9.59 Å². The van der Waals surface area contributed by atoms with Gasteiger partial charge < -0.3 is 9.84 Å². The summed E-state index contributed by atoms with van der Waals surface area (Å²) in [5.41, 5.74) is 0.708. The number of carbonyl (C=O) groups is 2. The number of rotatable bonds is 3. The van der Waals surface area contributed by atoms with Crippen molar-refractivity contribution in [3.8, 4) is 11.5 Å². The van der Waals surface area contributed by atoms with E-state index >= 15 is 0 Å². The van der Waals surface area contributed by atoms with Gasteiger partial charge in [-0.25, -0.2) is 0 Å². The zero-order chi connectivity index (χ0) is 20.1. The van der Waals surface area contributed by atoms with Gasteiger partial charge in [0.25, 0.3) is 0 Å². The molecule has 8 heteroatoms. The first-order chi connectivity index (χ1) is 12.6. The number of methoxy groups -OCH3 is 1. The maximum absolute atomic E-state index is 13.2. The molecule has 142 valence electrons. The molecule has 2 aliphatic carbocycles. The standard InChI is InChI=1S/C19H14Cl4O4/c1-3-9-7-8-18(22)16(25)14(20)15(21)17(26)19(18,23)13(9)12-10(24)5-4-6-11(12)27-2/h3-7,13,24H,1,8H2,2H3/t13-,18-,19+/m1/s1. The number of fused-ring (bicyclic) bond motifs is 1. The predicted octanol–water partition coefficient (Wildman–Crippen LogP) is 4.80. The Bertz CT molecular complexity index is 936. The smallest absolute Gasteiger partial charge is 0.200 e. The quantitative estimate of drug-likeness (QED) is 0.676. The van der Waals surface area contributed by atoms with Crippen LogP contribution in [-0.2, 0) is 9.59 Å². The molecule has 0 heterocycles. The number of ether oxygens (including phenoxy) is 1. The van der Waals surface area contributed by atoms with Crippen molar-refractivity contribution < 1.29 is 19.4 Å². The molecule has 3 atom stereocenters. The molecule has 3 rings (SSSR count). The molecule has 0 saturated heterocycles. The van der Waals surface area contributed by atoms with E-state index in [4.69, 9.17) is 51.1 Å². The van der Waals surface area contributed by atoms with Crippen LogP contribution in [0.25, 0.3) is 0 Å². The van der Waals surface area contributed by atoms with Crippen LogP contribution in [0.4, 0.5) is 0 Å². The summed E-state index contributed by atoms with van der Waals surface area (Å²) in [6.45, 7) is 3.76. The van der Waals surface area contributed by atoms with Crippen LogP contribution in [0.5, 0.6) is 11.5 Å². The van der Waals surface area contributed by atoms with Crippen molar-refractivity contribution in [3.63, 3.8) is 0 Å². The SMILES string of the molecule is C=CC1=CC[C@@]2(Cl)C(=O)C(Cl)=C(Cl)C(=O)[C@@]2(Cl)[C@H]1c1c(O)cccc1OC. The van der Waals surface area contributed by atoms with E-state index < -0.39 is 37.3 Å². The Morgan fingerprint density at radius 3 is 2.44 bits per heavy atom. The van der Waals surface area contributed by atoms with Gasteiger partial charge in [-0.15, -0.1) is 23.2 Å². The molecule has 1 aromatic rings. The molecule has 0 fully saturated rings. The van der Waals surface area contributed by atoms with E-state index in [0.29, 0.717) is 5.57 Å². The van der Waals surface area contributed by atoms with Crippen LogP contribution in [0, 0.1) is 0 Å². The van der Waals surface area contributed by atoms with E-state index in [-0.39, 0.29) is 23.5 Å². The molecular formula is C19H14Cl4O4. The van der Waals surface area contributed by atoms with E-state index in [2.05, 4.69) is 6.58 Å². The maximum atomic E-state index is 13.2. The predicted molar refractivity (Wildman–Crippen MR) is 106 cm³/mol. The zero-order valence-corrected chi connectivity index (χ0v) is 17.1. The lowest BCUT2D eigenvalue weighted by Crippen LogP contribution is -2.64. The molecule has 0 unspecified atom stereocenters. The fraction of sp³-hybridized carbons (Fsp3) is 0.263. The maximum Gasteiger partial charge on any atom is 0.200 e. The molecule has 0 radical (unpaired) electrons. The van der Waals surface area contributed by atoms with E-state index in [9.17, 15) is 14.7 Å². The molecule has 0 bridgehead atoms. The summed E-state index contributed by atoms with van der Waals surface area (Å²) >= 11 is 25.5. The number of carbonyl (C=O) groups excluding carboxylic acids is 2. The van der Waals surface area contributed by atoms with Gasteiger partial charge in [-0.05, 0) is 24.1 Å². The molecule has 0 aromatic heterocycles. The second-order valence-corrected chi connectivity index (χ2v) is 8.23. The number of phenols is 1. The number of ketones is 2. The molecule has 0 spiro atoms. The number of benzene rings is 1. The summed E-state index contributed by atoms with van der Waals surface area (Å²) in [7, 11) is 1.41. The Morgan fingerprint density at radius 1 is 1.22 bits per heavy atom. The number of alkyl halides is 2. The lowest BCUT2D eigenvalue weighted by molar-refractivity contribution is -0.127. The molecule has 1 N–H and O–H groups in total. The van der Waals surface area contributed by atoms with Gasteiger partial charge in [0.2, 0.25) is 0 Å². The van der Waals surface area contributed by atoms with Crippen molar-refractivity contribution in [2.75, 3.05) is 7.11 Å². The fourth-order valence-corrected chi connectivity index (χ4v) is 5.09. The first kappa shape index (κ1) is 20.3. The highest BCUT2D eigenvalue weighted by molar-refractivity contribution is 6.66. The van der Waals surface area contributed by atoms with Crippen LogP contribution in [0.1, 0.15) is 17.9 Å². The lowest BCUT2D eigenvalue weighted by Gasteiger charge is -2.50. The van der Waals surface area contributed by atoms with Crippen molar-refractivity contribution in [2.45, 2.75) is 22.1 Å². The second-order valence-electron chi connectivity index (χ2n) is 6.24. The topological polar surface area (TPSA) is 63.6 Å². The Labute approximate surface area is 176 Å². The molecule has 27 heavy (non-hydrogen) atoms. The summed E-state index contributed by atoms with van der Waals surface area (Å²) in [6, 6.07) is 4.59. The second kappa shape index (κ2) is 6.85. The van der Waals surface area contributed by atoms with Gasteiger partial charge in [0.05, 0.1) is 7.11 Å². The number of phenolic OH excluding ortho intramolecular Hbond substituents is 1. The average Bonchev–Trinajstić information content (AvgIpc) is 2.66. The highest BCUT2D eigenvalue weighted by Gasteiger charge is 2.69. The van der Waals surface area contributed by atoms with E-state index in [1.165, 1.54) is 19.3 Å². The average molecular weight is 448 g/mol. The fourth-order valence-electron chi connectivity index (χ4n) is 3.65. The van der Waals surface area contributed by atoms with Gasteiger partial charge in [0.1, 0.15) is 31.3 Å². The minimum absolute atomic E-state index is 0.0587. The molecule has 1 aromatic carbocycles. The Kier molecular flexibility index (Phi) is 5.15. The van der Waals surface area contributed by atoms with E-state index in [0.717, 1.165) is 0 Å². The Morgan fingerprint density at radius 2 is 1.85 bits per heavy atom. The highest BCUT2D eigenvalue weighted by atomic mass is 35.5. The molecular weight excluding hydrogens is 434 g/mol. The largest absolute Gasteiger partial charge is 0.508 e. The van der Waals surface area contributed by atoms with Crippen molar-refractivity contribution in [1.82, 2.24) is 0 Å². The van der Waals surface area contributed by atoms with Crippen molar-refractivity contribution in [3.05, 3.63) is 58.1 Å². The van der Waals surface area contributed by atoms with Gasteiger partial charge in [-0.2, -0.15) is 0 Å². The van der Waals surface area contributed by atoms with Crippen LogP contribution in [-0.4, -0.2) is 33.5 Å². The third-order valence-electron chi connectivity index (χ3n) is 5.00. The number of aromatic hydroxyl groups is 1. The van der Waals surface area contributed by atoms with Gasteiger partial charge >= 0.3 is 0 Å². The highest BCUT2D eigenvalue weighted by Crippen LogP contribution is 2.61. The summed E-state index contributed by atoms with van der Waals surface area (Å²) in [4.78, 5) is 22.1. The van der Waals surface area contributed by atoms with Gasteiger partial charge in [-0.1, -0.05) is 48.0 Å². The number of allylic oxidation sites excluding steroid dienone is 5. The first-order valence-corrected chi connectivity index (χ1v) is 9.37. The van der Waals surface area contributed by atoms with Crippen LogP contribution < -0.4 is 4.74 Å². The third-order valence-corrected chi connectivity index (χ3v) is 7.25. The number of Topliss-reactive ketones (excluding diaryl/α,β-unsaturated/α-hetero) is 2. The molecule has 2 aliphatic rings. The summed E-state index contributed by atoms with van der Waals surface area (Å²) in [5, 5.41) is 9.60.